The molecule has 0 radical (unpaired) electrons. The lowest BCUT2D eigenvalue weighted by Gasteiger charge is -2.39. The highest BCUT2D eigenvalue weighted by atomic mass is 16.3. The molecule has 5 aliphatic rings. The van der Waals surface area contributed by atoms with Crippen molar-refractivity contribution < 1.29 is 9.21 Å². The molecule has 0 N–H and O–H groups in total. The predicted octanol–water partition coefficient (Wildman–Crippen LogP) is 14.5. The third-order valence-electron chi connectivity index (χ3n) is 16.9. The molecule has 280 valence electrons. The van der Waals surface area contributed by atoms with E-state index in [-0.39, 0.29) is 21.7 Å². The number of Topliss-reactive ketones (excluding diaryl/α,β-unsaturated/α-hetero) is 1. The van der Waals surface area contributed by atoms with Crippen molar-refractivity contribution in [1.29, 1.82) is 0 Å². The number of benzene rings is 5. The molecule has 5 aliphatic carbocycles. The van der Waals surface area contributed by atoms with Gasteiger partial charge < -0.3 is 8.82 Å². The van der Waals surface area contributed by atoms with Crippen molar-refractivity contribution in [3.05, 3.63) is 100 Å². The number of hydrogen-bond acceptors (Lipinski definition) is 2. The van der Waals surface area contributed by atoms with E-state index in [1.807, 2.05) is 0 Å². The zero-order valence-corrected chi connectivity index (χ0v) is 33.5. The van der Waals surface area contributed by atoms with Gasteiger partial charge in [-0.3, -0.25) is 4.79 Å². The smallest absolute Gasteiger partial charge is 0.169 e. The normalized spacial score (nSPS) is 25.3. The van der Waals surface area contributed by atoms with Gasteiger partial charge in [0.15, 0.2) is 5.78 Å². The summed E-state index contributed by atoms with van der Waals surface area (Å²) in [4.78, 5) is 14.6. The number of rotatable bonds is 1. The van der Waals surface area contributed by atoms with Crippen LogP contribution in [0.2, 0.25) is 0 Å². The standard InChI is InChI=1S/C53H51NO2/c1-30-14-13-15-31(2)42(30)46-44-35-25-37-38(53(20-11-6-12-21-53)29-52(37)18-9-5-10-19-52)27-40(35)54-39-26-33-36(50(3)22-23-51(4,28-50)49(33)55)24-34(39)43(47(44)54)45-32-16-7-8-17-41(32)56-48(45)46/h7-8,13-17,24-27H,5-6,9-12,18-23,28-29H2,1-4H3. The topological polar surface area (TPSA) is 34.6 Å². The summed E-state index contributed by atoms with van der Waals surface area (Å²) in [6, 6.07) is 25.7. The first-order valence-corrected chi connectivity index (χ1v) is 21.9. The lowest BCUT2D eigenvalue weighted by molar-refractivity contribution is 0.0797. The van der Waals surface area contributed by atoms with Crippen LogP contribution in [-0.2, 0) is 16.2 Å². The van der Waals surface area contributed by atoms with Gasteiger partial charge in [0.1, 0.15) is 11.2 Å². The highest BCUT2D eigenvalue weighted by Gasteiger charge is 2.55. The van der Waals surface area contributed by atoms with Crippen molar-refractivity contribution in [2.24, 2.45) is 5.41 Å². The number of para-hydroxylation sites is 1. The monoisotopic (exact) mass is 733 g/mol. The molecule has 3 saturated carbocycles. The number of aromatic nitrogens is 1. The summed E-state index contributed by atoms with van der Waals surface area (Å²) in [5.41, 5.74) is 16.7. The van der Waals surface area contributed by atoms with Crippen LogP contribution in [0.15, 0.2) is 71.1 Å². The summed E-state index contributed by atoms with van der Waals surface area (Å²) in [7, 11) is 0. The van der Waals surface area contributed by atoms with Gasteiger partial charge >= 0.3 is 0 Å². The molecule has 0 aliphatic heterocycles. The fourth-order valence-electron chi connectivity index (χ4n) is 14.5. The van der Waals surface area contributed by atoms with E-state index in [1.54, 1.807) is 11.1 Å². The molecule has 2 spiro atoms. The van der Waals surface area contributed by atoms with Gasteiger partial charge in [-0.2, -0.15) is 0 Å². The van der Waals surface area contributed by atoms with Crippen LogP contribution in [0.5, 0.6) is 0 Å². The molecule has 5 aromatic carbocycles. The lowest BCUT2D eigenvalue weighted by atomic mass is 9.65. The maximum Gasteiger partial charge on any atom is 0.169 e. The Labute approximate surface area is 328 Å². The summed E-state index contributed by atoms with van der Waals surface area (Å²) in [6.07, 6.45) is 17.7. The Bertz CT molecular complexity index is 3050. The minimum atomic E-state index is -0.276. The van der Waals surface area contributed by atoms with Crippen LogP contribution in [0.3, 0.4) is 0 Å². The molecule has 13 rings (SSSR count). The highest BCUT2D eigenvalue weighted by Crippen LogP contribution is 2.63. The van der Waals surface area contributed by atoms with Gasteiger partial charge in [-0.25, -0.2) is 0 Å². The summed E-state index contributed by atoms with van der Waals surface area (Å²) in [5, 5.41) is 7.67. The number of carbonyl (C=O) groups is 1. The van der Waals surface area contributed by atoms with Crippen molar-refractivity contribution >= 4 is 65.8 Å². The molecule has 3 fully saturated rings. The Morgan fingerprint density at radius 3 is 1.93 bits per heavy atom. The van der Waals surface area contributed by atoms with E-state index in [4.69, 9.17) is 4.42 Å². The fraction of sp³-hybridized carbons (Fsp3) is 0.415. The summed E-state index contributed by atoms with van der Waals surface area (Å²) in [6.45, 7) is 9.22. The second-order valence-corrected chi connectivity index (χ2v) is 20.2. The van der Waals surface area contributed by atoms with Crippen molar-refractivity contribution in [1.82, 2.24) is 4.40 Å². The van der Waals surface area contributed by atoms with Crippen molar-refractivity contribution in [2.45, 2.75) is 134 Å². The number of ketones is 1. The van der Waals surface area contributed by atoms with E-state index in [0.29, 0.717) is 5.78 Å². The molecule has 0 saturated heterocycles. The Kier molecular flexibility index (Phi) is 6.06. The molecule has 2 bridgehead atoms. The van der Waals surface area contributed by atoms with Crippen molar-refractivity contribution in [3.8, 4) is 11.1 Å². The number of aryl methyl sites for hydroxylation is 2. The van der Waals surface area contributed by atoms with Crippen molar-refractivity contribution in [2.75, 3.05) is 0 Å². The molecular weight excluding hydrogens is 683 g/mol. The molecule has 3 heterocycles. The zero-order valence-electron chi connectivity index (χ0n) is 33.5. The molecular formula is C53H51NO2. The zero-order chi connectivity index (χ0) is 37.5. The quantitative estimate of drug-likeness (QED) is 0.168. The van der Waals surface area contributed by atoms with Crippen LogP contribution in [0.4, 0.5) is 0 Å². The number of furan rings is 1. The Hall–Kier alpha value is -4.63. The number of carbonyl (C=O) groups excluding carboxylic acids is 1. The van der Waals surface area contributed by atoms with Gasteiger partial charge in [0.2, 0.25) is 0 Å². The summed E-state index contributed by atoms with van der Waals surface area (Å²) < 4.78 is 9.84. The van der Waals surface area contributed by atoms with Crippen LogP contribution in [0, 0.1) is 19.3 Å². The van der Waals surface area contributed by atoms with E-state index < -0.39 is 0 Å². The van der Waals surface area contributed by atoms with Gasteiger partial charge in [-0.05, 0) is 145 Å². The third kappa shape index (κ3) is 3.76. The maximum atomic E-state index is 14.6. The van der Waals surface area contributed by atoms with Crippen LogP contribution in [-0.4, -0.2) is 10.2 Å². The number of nitrogens with zero attached hydrogens (tertiary/aromatic N) is 1. The number of fused-ring (bicyclic) bond motifs is 17. The van der Waals surface area contributed by atoms with E-state index >= 15 is 0 Å². The van der Waals surface area contributed by atoms with Crippen LogP contribution >= 0.6 is 0 Å². The van der Waals surface area contributed by atoms with E-state index in [0.717, 1.165) is 36.0 Å². The molecule has 3 aromatic heterocycles. The minimum Gasteiger partial charge on any atom is -0.455 e. The molecule has 2 unspecified atom stereocenters. The lowest BCUT2D eigenvalue weighted by Crippen LogP contribution is -2.35. The molecule has 3 nitrogen and oxygen atoms in total. The molecule has 3 heteroatoms. The summed E-state index contributed by atoms with van der Waals surface area (Å²) >= 11 is 0. The fourth-order valence-corrected chi connectivity index (χ4v) is 14.5. The third-order valence-corrected chi connectivity index (χ3v) is 16.9. The Morgan fingerprint density at radius 2 is 1.20 bits per heavy atom. The van der Waals surface area contributed by atoms with Gasteiger partial charge in [0.05, 0.1) is 16.6 Å². The van der Waals surface area contributed by atoms with Crippen LogP contribution in [0.1, 0.15) is 142 Å². The van der Waals surface area contributed by atoms with E-state index in [2.05, 4.69) is 98.8 Å². The minimum absolute atomic E-state index is 0.00372. The Balaban J connectivity index is 1.29. The van der Waals surface area contributed by atoms with Crippen molar-refractivity contribution in [3.63, 3.8) is 0 Å². The first-order valence-electron chi connectivity index (χ1n) is 21.9. The molecule has 2 atom stereocenters. The van der Waals surface area contributed by atoms with Crippen LogP contribution < -0.4 is 0 Å². The molecule has 56 heavy (non-hydrogen) atoms. The Morgan fingerprint density at radius 1 is 0.571 bits per heavy atom. The predicted molar refractivity (Wildman–Crippen MR) is 231 cm³/mol. The highest BCUT2D eigenvalue weighted by molar-refractivity contribution is 6.39. The molecule has 8 aromatic rings. The van der Waals surface area contributed by atoms with Gasteiger partial charge in [0.25, 0.3) is 0 Å². The SMILES string of the molecule is Cc1cccc(C)c1-c1c2oc3ccccc3c2c2c3cc4c(cc3n3c5cc6c(cc5c1c23)C1(CCCCC1)CC61CCCCC1)C(=O)C1(C)CCC4(C)C1. The summed E-state index contributed by atoms with van der Waals surface area (Å²) in [5.74, 6) is 0.352. The van der Waals surface area contributed by atoms with E-state index in [1.165, 1.54) is 147 Å². The largest absolute Gasteiger partial charge is 0.455 e. The second-order valence-electron chi connectivity index (χ2n) is 20.2. The first-order chi connectivity index (χ1) is 27.1. The van der Waals surface area contributed by atoms with E-state index in [9.17, 15) is 4.79 Å². The maximum absolute atomic E-state index is 14.6. The van der Waals surface area contributed by atoms with Crippen LogP contribution in [0.25, 0.3) is 71.2 Å². The average molecular weight is 734 g/mol. The second kappa shape index (κ2) is 10.5. The average Bonchev–Trinajstić information content (AvgIpc) is 3.97. The first kappa shape index (κ1) is 32.5. The molecule has 0 amide bonds. The van der Waals surface area contributed by atoms with Gasteiger partial charge in [-0.15, -0.1) is 0 Å². The number of hydrogen-bond donors (Lipinski definition) is 0. The van der Waals surface area contributed by atoms with Gasteiger partial charge in [-0.1, -0.05) is 88.8 Å². The van der Waals surface area contributed by atoms with Gasteiger partial charge in [0, 0.05) is 48.9 Å².